The van der Waals surface area contributed by atoms with E-state index in [-0.39, 0.29) is 0 Å². The number of imidazole rings is 1. The first kappa shape index (κ1) is 11.7. The molecule has 1 aliphatic rings. The zero-order valence-corrected chi connectivity index (χ0v) is 11.1. The van der Waals surface area contributed by atoms with Gasteiger partial charge in [0.2, 0.25) is 0 Å². The molecule has 0 radical (unpaired) electrons. The number of pyridine rings is 1. The van der Waals surface area contributed by atoms with Gasteiger partial charge in [0, 0.05) is 12.1 Å². The van der Waals surface area contributed by atoms with E-state index in [2.05, 4.69) is 16.9 Å². The lowest BCUT2D eigenvalue weighted by molar-refractivity contribution is 0.445. The Morgan fingerprint density at radius 2 is 1.83 bits per heavy atom. The second-order valence-corrected chi connectivity index (χ2v) is 5.49. The molecule has 1 N–H and O–H groups in total. The maximum absolute atomic E-state index is 4.70. The largest absolute Gasteiger partial charge is 0.340 e. The van der Waals surface area contributed by atoms with Crippen LogP contribution in [0.4, 0.5) is 0 Å². The summed E-state index contributed by atoms with van der Waals surface area (Å²) in [5.41, 5.74) is 3.24. The van der Waals surface area contributed by atoms with Crippen molar-refractivity contribution in [2.24, 2.45) is 0 Å². The van der Waals surface area contributed by atoms with Gasteiger partial charge in [-0.3, -0.25) is 0 Å². The Kier molecular flexibility index (Phi) is 3.31. The first-order chi connectivity index (χ1) is 8.84. The topological polar surface area (TPSA) is 41.6 Å². The van der Waals surface area contributed by atoms with Crippen LogP contribution < -0.4 is 0 Å². The van der Waals surface area contributed by atoms with E-state index in [1.165, 1.54) is 50.5 Å². The SMILES string of the molecule is Cc1ccnc2nc(C3CCCCCCC3)[nH]c12. The average Bonchev–Trinajstić information content (AvgIpc) is 2.73. The van der Waals surface area contributed by atoms with Crippen molar-refractivity contribution in [3.8, 4) is 0 Å². The number of nitrogens with zero attached hydrogens (tertiary/aromatic N) is 2. The van der Waals surface area contributed by atoms with Gasteiger partial charge >= 0.3 is 0 Å². The molecule has 2 aromatic rings. The van der Waals surface area contributed by atoms with Crippen molar-refractivity contribution in [3.05, 3.63) is 23.7 Å². The van der Waals surface area contributed by atoms with Gasteiger partial charge in [0.15, 0.2) is 5.65 Å². The number of hydrogen-bond acceptors (Lipinski definition) is 2. The van der Waals surface area contributed by atoms with Crippen LogP contribution >= 0.6 is 0 Å². The summed E-state index contributed by atoms with van der Waals surface area (Å²) < 4.78 is 0. The summed E-state index contributed by atoms with van der Waals surface area (Å²) in [7, 11) is 0. The molecule has 96 valence electrons. The second-order valence-electron chi connectivity index (χ2n) is 5.49. The number of fused-ring (bicyclic) bond motifs is 1. The van der Waals surface area contributed by atoms with Gasteiger partial charge in [-0.05, 0) is 31.4 Å². The van der Waals surface area contributed by atoms with Crippen LogP contribution in [-0.4, -0.2) is 15.0 Å². The minimum absolute atomic E-state index is 0.610. The molecular weight excluding hydrogens is 222 g/mol. The molecule has 0 amide bonds. The maximum atomic E-state index is 4.70. The van der Waals surface area contributed by atoms with Gasteiger partial charge in [-0.15, -0.1) is 0 Å². The molecule has 0 saturated heterocycles. The van der Waals surface area contributed by atoms with Crippen LogP contribution in [0.5, 0.6) is 0 Å². The monoisotopic (exact) mass is 243 g/mol. The molecule has 18 heavy (non-hydrogen) atoms. The Morgan fingerprint density at radius 1 is 1.11 bits per heavy atom. The normalized spacial score (nSPS) is 18.7. The number of hydrogen-bond donors (Lipinski definition) is 1. The summed E-state index contributed by atoms with van der Waals surface area (Å²) in [4.78, 5) is 12.6. The van der Waals surface area contributed by atoms with Crippen molar-refractivity contribution < 1.29 is 0 Å². The van der Waals surface area contributed by atoms with E-state index in [0.29, 0.717) is 5.92 Å². The number of aromatic nitrogens is 3. The van der Waals surface area contributed by atoms with Crippen molar-refractivity contribution in [1.29, 1.82) is 0 Å². The van der Waals surface area contributed by atoms with Gasteiger partial charge in [0.1, 0.15) is 5.82 Å². The number of H-pyrrole nitrogens is 1. The van der Waals surface area contributed by atoms with Crippen LogP contribution in [0.2, 0.25) is 0 Å². The van der Waals surface area contributed by atoms with E-state index in [1.54, 1.807) is 0 Å². The minimum atomic E-state index is 0.610. The number of nitrogens with one attached hydrogen (secondary N) is 1. The highest BCUT2D eigenvalue weighted by atomic mass is 15.0. The third-order valence-corrected chi connectivity index (χ3v) is 4.11. The fourth-order valence-corrected chi connectivity index (χ4v) is 2.98. The summed E-state index contributed by atoms with van der Waals surface area (Å²) in [6.07, 6.45) is 11.3. The lowest BCUT2D eigenvalue weighted by atomic mass is 9.91. The van der Waals surface area contributed by atoms with E-state index < -0.39 is 0 Å². The van der Waals surface area contributed by atoms with E-state index in [0.717, 1.165) is 17.0 Å². The molecule has 3 rings (SSSR count). The summed E-state index contributed by atoms with van der Waals surface area (Å²) >= 11 is 0. The van der Waals surface area contributed by atoms with Gasteiger partial charge in [-0.25, -0.2) is 9.97 Å². The molecule has 3 heteroatoms. The highest BCUT2D eigenvalue weighted by Gasteiger charge is 2.17. The molecule has 2 heterocycles. The molecule has 1 aliphatic carbocycles. The van der Waals surface area contributed by atoms with Crippen LogP contribution in [0.1, 0.15) is 62.3 Å². The van der Waals surface area contributed by atoms with E-state index in [1.807, 2.05) is 12.3 Å². The lowest BCUT2D eigenvalue weighted by Crippen LogP contribution is -2.04. The smallest absolute Gasteiger partial charge is 0.177 e. The van der Waals surface area contributed by atoms with Crippen LogP contribution in [0, 0.1) is 6.92 Å². The molecule has 0 unspecified atom stereocenters. The summed E-state index contributed by atoms with van der Waals surface area (Å²) in [6.45, 7) is 2.12. The molecule has 0 atom stereocenters. The van der Waals surface area contributed by atoms with Crippen LogP contribution in [-0.2, 0) is 0 Å². The molecule has 3 nitrogen and oxygen atoms in total. The highest BCUT2D eigenvalue weighted by molar-refractivity contribution is 5.74. The number of aromatic amines is 1. The average molecular weight is 243 g/mol. The van der Waals surface area contributed by atoms with E-state index >= 15 is 0 Å². The third-order valence-electron chi connectivity index (χ3n) is 4.11. The van der Waals surface area contributed by atoms with Crippen molar-refractivity contribution >= 4 is 11.2 Å². The predicted octanol–water partition coefficient (Wildman–Crippen LogP) is 4.09. The van der Waals surface area contributed by atoms with Crippen LogP contribution in [0.25, 0.3) is 11.2 Å². The Labute approximate surface area is 108 Å². The Hall–Kier alpha value is -1.38. The van der Waals surface area contributed by atoms with E-state index in [4.69, 9.17) is 4.98 Å². The molecule has 0 aliphatic heterocycles. The minimum Gasteiger partial charge on any atom is -0.340 e. The van der Waals surface area contributed by atoms with Gasteiger partial charge in [-0.2, -0.15) is 0 Å². The van der Waals surface area contributed by atoms with E-state index in [9.17, 15) is 0 Å². The van der Waals surface area contributed by atoms with Gasteiger partial charge in [0.05, 0.1) is 5.52 Å². The Morgan fingerprint density at radius 3 is 2.56 bits per heavy atom. The highest BCUT2D eigenvalue weighted by Crippen LogP contribution is 2.30. The zero-order valence-electron chi connectivity index (χ0n) is 11.1. The summed E-state index contributed by atoms with van der Waals surface area (Å²) in [6, 6.07) is 2.04. The molecule has 0 aromatic carbocycles. The Bertz CT molecular complexity index is 522. The Balaban J connectivity index is 1.90. The number of rotatable bonds is 1. The molecule has 1 fully saturated rings. The molecule has 2 aromatic heterocycles. The van der Waals surface area contributed by atoms with Crippen molar-refractivity contribution in [1.82, 2.24) is 15.0 Å². The zero-order chi connectivity index (χ0) is 12.4. The number of aryl methyl sites for hydroxylation is 1. The van der Waals surface area contributed by atoms with Gasteiger partial charge < -0.3 is 4.98 Å². The van der Waals surface area contributed by atoms with Gasteiger partial charge in [0.25, 0.3) is 0 Å². The quantitative estimate of drug-likeness (QED) is 0.819. The van der Waals surface area contributed by atoms with Gasteiger partial charge in [-0.1, -0.05) is 32.1 Å². The molecule has 1 saturated carbocycles. The first-order valence-electron chi connectivity index (χ1n) is 7.16. The third kappa shape index (κ3) is 2.26. The van der Waals surface area contributed by atoms with Crippen molar-refractivity contribution in [2.75, 3.05) is 0 Å². The van der Waals surface area contributed by atoms with Crippen LogP contribution in [0.15, 0.2) is 12.3 Å². The summed E-state index contributed by atoms with van der Waals surface area (Å²) in [5.74, 6) is 1.77. The standard InChI is InChI=1S/C15H21N3/c1-11-9-10-16-15-13(11)17-14(18-15)12-7-5-3-2-4-6-8-12/h9-10,12H,2-8H2,1H3,(H,16,17,18). The lowest BCUT2D eigenvalue weighted by Gasteiger charge is -2.17. The molecule has 0 spiro atoms. The van der Waals surface area contributed by atoms with Crippen molar-refractivity contribution in [2.45, 2.75) is 57.8 Å². The predicted molar refractivity (Wildman–Crippen MR) is 73.7 cm³/mol. The van der Waals surface area contributed by atoms with Crippen LogP contribution in [0.3, 0.4) is 0 Å². The first-order valence-corrected chi connectivity index (χ1v) is 7.16. The fraction of sp³-hybridized carbons (Fsp3) is 0.600. The molecular formula is C15H21N3. The fourth-order valence-electron chi connectivity index (χ4n) is 2.98. The second kappa shape index (κ2) is 5.09. The maximum Gasteiger partial charge on any atom is 0.177 e. The summed E-state index contributed by atoms with van der Waals surface area (Å²) in [5, 5.41) is 0. The molecule has 0 bridgehead atoms. The van der Waals surface area contributed by atoms with Crippen molar-refractivity contribution in [3.63, 3.8) is 0 Å².